The minimum Gasteiger partial charge on any atom is -0.480 e. The fourth-order valence-corrected chi connectivity index (χ4v) is 3.22. The molecule has 0 saturated carbocycles. The van der Waals surface area contributed by atoms with Crippen molar-refractivity contribution in [2.75, 3.05) is 25.4 Å². The number of rotatable bonds is 5. The topological polar surface area (TPSA) is 104 Å². The second kappa shape index (κ2) is 6.14. The predicted molar refractivity (Wildman–Crippen MR) is 64.4 cm³/mol. The lowest BCUT2D eigenvalue weighted by Crippen LogP contribution is -2.44. The number of carboxylic acids is 1. The number of aliphatic carboxylic acids is 1. The molecule has 0 aromatic carbocycles. The quantitative estimate of drug-likeness (QED) is 0.688. The van der Waals surface area contributed by atoms with Gasteiger partial charge in [-0.3, -0.25) is 9.59 Å². The van der Waals surface area contributed by atoms with E-state index < -0.39 is 21.7 Å². The van der Waals surface area contributed by atoms with Crippen molar-refractivity contribution in [3.05, 3.63) is 0 Å². The van der Waals surface area contributed by atoms with Crippen LogP contribution in [0, 0.1) is 5.92 Å². The van der Waals surface area contributed by atoms with E-state index in [0.29, 0.717) is 19.4 Å². The van der Waals surface area contributed by atoms with Crippen LogP contribution in [-0.2, 0) is 19.6 Å². The van der Waals surface area contributed by atoms with E-state index in [-0.39, 0.29) is 24.9 Å². The molecule has 1 aliphatic rings. The van der Waals surface area contributed by atoms with Gasteiger partial charge >= 0.3 is 5.97 Å². The van der Waals surface area contributed by atoms with Gasteiger partial charge in [0.05, 0.1) is 0 Å². The van der Waals surface area contributed by atoms with Crippen LogP contribution < -0.4 is 5.32 Å². The van der Waals surface area contributed by atoms with E-state index in [4.69, 9.17) is 5.11 Å². The molecule has 0 spiro atoms. The third kappa shape index (κ3) is 3.95. The number of carbonyl (C=O) groups excluding carboxylic acids is 1. The molecule has 1 amide bonds. The van der Waals surface area contributed by atoms with E-state index in [2.05, 4.69) is 5.32 Å². The van der Waals surface area contributed by atoms with Crippen LogP contribution in [0.25, 0.3) is 0 Å². The van der Waals surface area contributed by atoms with E-state index in [0.717, 1.165) is 4.31 Å². The lowest BCUT2D eigenvalue weighted by atomic mass is 9.97. The van der Waals surface area contributed by atoms with Gasteiger partial charge < -0.3 is 10.4 Å². The minimum absolute atomic E-state index is 0.0622. The molecule has 0 aliphatic carbocycles. The molecule has 0 aromatic heterocycles. The molecule has 0 atom stereocenters. The first-order valence-corrected chi connectivity index (χ1v) is 7.45. The molecule has 0 unspecified atom stereocenters. The zero-order chi connectivity index (χ0) is 13.8. The van der Waals surface area contributed by atoms with Crippen LogP contribution in [0.2, 0.25) is 0 Å². The van der Waals surface area contributed by atoms with Crippen LogP contribution in [0.3, 0.4) is 0 Å². The maximum absolute atomic E-state index is 11.6. The summed E-state index contributed by atoms with van der Waals surface area (Å²) in [5.41, 5.74) is 0. The fourth-order valence-electron chi connectivity index (χ4n) is 1.96. The van der Waals surface area contributed by atoms with Gasteiger partial charge in [-0.25, -0.2) is 12.7 Å². The molecule has 7 nitrogen and oxygen atoms in total. The highest BCUT2D eigenvalue weighted by Crippen LogP contribution is 2.19. The zero-order valence-corrected chi connectivity index (χ0v) is 11.1. The number of hydrogen-bond acceptors (Lipinski definition) is 4. The van der Waals surface area contributed by atoms with E-state index >= 15 is 0 Å². The van der Waals surface area contributed by atoms with Gasteiger partial charge in [0.25, 0.3) is 0 Å². The summed E-state index contributed by atoms with van der Waals surface area (Å²) >= 11 is 0. The molecule has 1 aliphatic heterocycles. The molecule has 18 heavy (non-hydrogen) atoms. The van der Waals surface area contributed by atoms with Crippen molar-refractivity contribution in [2.24, 2.45) is 5.92 Å². The third-order valence-corrected chi connectivity index (χ3v) is 4.64. The van der Waals surface area contributed by atoms with Crippen LogP contribution in [-0.4, -0.2) is 55.1 Å². The second-order valence-corrected chi connectivity index (χ2v) is 6.19. The van der Waals surface area contributed by atoms with Gasteiger partial charge in [0.1, 0.15) is 0 Å². The van der Waals surface area contributed by atoms with Crippen molar-refractivity contribution in [3.63, 3.8) is 0 Å². The van der Waals surface area contributed by atoms with Crippen molar-refractivity contribution in [2.45, 2.75) is 19.8 Å². The Kier molecular flexibility index (Phi) is 5.09. The summed E-state index contributed by atoms with van der Waals surface area (Å²) < 4.78 is 24.4. The summed E-state index contributed by atoms with van der Waals surface area (Å²) in [6.07, 6.45) is 0.870. The van der Waals surface area contributed by atoms with E-state index in [9.17, 15) is 18.0 Å². The Morgan fingerprint density at radius 1 is 1.33 bits per heavy atom. The van der Waals surface area contributed by atoms with Crippen LogP contribution in [0.4, 0.5) is 0 Å². The lowest BCUT2D eigenvalue weighted by molar-refractivity contribution is -0.134. The number of nitrogens with one attached hydrogen (secondary N) is 1. The van der Waals surface area contributed by atoms with Crippen LogP contribution in [0.1, 0.15) is 19.8 Å². The van der Waals surface area contributed by atoms with Gasteiger partial charge in [-0.1, -0.05) is 0 Å². The molecular weight excluding hydrogens is 260 g/mol. The highest BCUT2D eigenvalue weighted by atomic mass is 32.2. The van der Waals surface area contributed by atoms with Gasteiger partial charge in [-0.05, 0) is 19.8 Å². The van der Waals surface area contributed by atoms with Gasteiger partial charge in [0.2, 0.25) is 15.9 Å². The molecule has 1 heterocycles. The Morgan fingerprint density at radius 2 is 1.89 bits per heavy atom. The van der Waals surface area contributed by atoms with Gasteiger partial charge in [0.15, 0.2) is 5.75 Å². The summed E-state index contributed by atoms with van der Waals surface area (Å²) in [5, 5.41) is 11.2. The molecule has 8 heteroatoms. The second-order valence-electron chi connectivity index (χ2n) is 4.22. The number of sulfonamides is 1. The smallest absolute Gasteiger partial charge is 0.320 e. The number of carboxylic acid groups (broad SMARTS) is 1. The van der Waals surface area contributed by atoms with E-state index in [1.807, 2.05) is 6.92 Å². The van der Waals surface area contributed by atoms with Gasteiger partial charge in [-0.2, -0.15) is 0 Å². The summed E-state index contributed by atoms with van der Waals surface area (Å²) in [4.78, 5) is 22.0. The fraction of sp³-hybridized carbons (Fsp3) is 0.800. The number of carbonyl (C=O) groups is 2. The van der Waals surface area contributed by atoms with Crippen molar-refractivity contribution in [1.82, 2.24) is 9.62 Å². The summed E-state index contributed by atoms with van der Waals surface area (Å²) in [6.45, 7) is 2.79. The Labute approximate surface area is 106 Å². The maximum Gasteiger partial charge on any atom is 0.320 e. The molecule has 2 N–H and O–H groups in total. The molecule has 0 radical (unpaired) electrons. The molecular formula is C10H18N2O5S. The highest BCUT2D eigenvalue weighted by molar-refractivity contribution is 7.89. The maximum atomic E-state index is 11.6. The first-order valence-electron chi connectivity index (χ1n) is 5.84. The number of piperidine rings is 1. The van der Waals surface area contributed by atoms with E-state index in [1.54, 1.807) is 0 Å². The molecule has 0 aromatic rings. The number of amides is 1. The largest absolute Gasteiger partial charge is 0.480 e. The Balaban J connectivity index is 2.53. The van der Waals surface area contributed by atoms with Crippen LogP contribution in [0.15, 0.2) is 0 Å². The average molecular weight is 278 g/mol. The Hall–Kier alpha value is -1.15. The Morgan fingerprint density at radius 3 is 2.33 bits per heavy atom. The van der Waals surface area contributed by atoms with Crippen molar-refractivity contribution in [3.8, 4) is 0 Å². The van der Waals surface area contributed by atoms with Crippen molar-refractivity contribution >= 4 is 21.9 Å². The van der Waals surface area contributed by atoms with Crippen molar-refractivity contribution in [1.29, 1.82) is 0 Å². The minimum atomic E-state index is -3.74. The summed E-state index contributed by atoms with van der Waals surface area (Å²) in [7, 11) is -3.74. The molecule has 1 fully saturated rings. The van der Waals surface area contributed by atoms with Crippen LogP contribution >= 0.6 is 0 Å². The van der Waals surface area contributed by atoms with Gasteiger partial charge in [0, 0.05) is 25.6 Å². The van der Waals surface area contributed by atoms with E-state index in [1.165, 1.54) is 0 Å². The average Bonchev–Trinajstić information content (AvgIpc) is 2.28. The normalized spacial score (nSPS) is 18.5. The predicted octanol–water partition coefficient (Wildman–Crippen LogP) is -0.751. The standard InChI is InChI=1S/C10H18N2O5S/c1-2-11-10(15)8-3-5-12(6-4-8)18(16,17)7-9(13)14/h8H,2-7H2,1H3,(H,11,15)(H,13,14). The SMILES string of the molecule is CCNC(=O)C1CCN(S(=O)(=O)CC(=O)O)CC1. The monoisotopic (exact) mass is 278 g/mol. The molecule has 104 valence electrons. The van der Waals surface area contributed by atoms with Crippen LogP contribution in [0.5, 0.6) is 0 Å². The first-order chi connectivity index (χ1) is 8.36. The number of hydrogen-bond donors (Lipinski definition) is 2. The van der Waals surface area contributed by atoms with Gasteiger partial charge in [-0.15, -0.1) is 0 Å². The van der Waals surface area contributed by atoms with Crippen molar-refractivity contribution < 1.29 is 23.1 Å². The lowest BCUT2D eigenvalue weighted by Gasteiger charge is -2.30. The third-order valence-electron chi connectivity index (χ3n) is 2.87. The first kappa shape index (κ1) is 14.9. The zero-order valence-electron chi connectivity index (χ0n) is 10.3. The summed E-state index contributed by atoms with van der Waals surface area (Å²) in [5.74, 6) is -2.49. The Bertz CT molecular complexity index is 412. The summed E-state index contributed by atoms with van der Waals surface area (Å²) in [6, 6.07) is 0. The highest BCUT2D eigenvalue weighted by Gasteiger charge is 2.31. The number of nitrogens with zero attached hydrogens (tertiary/aromatic N) is 1. The molecule has 0 bridgehead atoms. The molecule has 1 saturated heterocycles. The molecule has 1 rings (SSSR count).